The van der Waals surface area contributed by atoms with Crippen LogP contribution in [0.15, 0.2) is 18.6 Å². The Bertz CT molecular complexity index is 562. The minimum atomic E-state index is -0.536. The number of aromatic nitrogens is 4. The molecule has 0 aliphatic carbocycles. The van der Waals surface area contributed by atoms with Gasteiger partial charge >= 0.3 is 5.69 Å². The first kappa shape index (κ1) is 12.0. The number of rotatable bonds is 4. The third-order valence-corrected chi connectivity index (χ3v) is 2.34. The summed E-state index contributed by atoms with van der Waals surface area (Å²) in [4.78, 5) is 17.7. The molecule has 2 rings (SSSR count). The van der Waals surface area contributed by atoms with E-state index >= 15 is 0 Å². The summed E-state index contributed by atoms with van der Waals surface area (Å²) in [5.74, 6) is 0.309. The Balaban J connectivity index is 2.20. The van der Waals surface area contributed by atoms with Crippen molar-refractivity contribution in [2.45, 2.75) is 13.3 Å². The van der Waals surface area contributed by atoms with Crippen LogP contribution in [0.5, 0.6) is 0 Å². The lowest BCUT2D eigenvalue weighted by Gasteiger charge is -2.02. The third-order valence-electron chi connectivity index (χ3n) is 2.34. The average molecular weight is 248 g/mol. The summed E-state index contributed by atoms with van der Waals surface area (Å²) >= 11 is 0. The van der Waals surface area contributed by atoms with Gasteiger partial charge in [0.05, 0.1) is 16.3 Å². The zero-order valence-electron chi connectivity index (χ0n) is 9.99. The molecule has 0 spiro atoms. The summed E-state index contributed by atoms with van der Waals surface area (Å²) in [5, 5.41) is 17.7. The van der Waals surface area contributed by atoms with Crippen LogP contribution in [0.2, 0.25) is 0 Å². The topological polar surface area (TPSA) is 98.8 Å². The molecule has 8 heteroatoms. The van der Waals surface area contributed by atoms with Crippen LogP contribution in [0.1, 0.15) is 12.6 Å². The van der Waals surface area contributed by atoms with E-state index < -0.39 is 4.92 Å². The standard InChI is InChI=1S/C10H12N6O2/c1-3-8-9(6-15(2)14-8)13-10-11-4-7(5-12-10)16(17)18/h4-6H,3H2,1-2H3,(H,11,12,13). The maximum absolute atomic E-state index is 10.5. The zero-order valence-corrected chi connectivity index (χ0v) is 9.99. The number of nitrogens with one attached hydrogen (secondary N) is 1. The van der Waals surface area contributed by atoms with Crippen LogP contribution in [0.4, 0.5) is 17.3 Å². The summed E-state index contributed by atoms with van der Waals surface area (Å²) < 4.78 is 1.69. The Labute approximate surface area is 103 Å². The van der Waals surface area contributed by atoms with Gasteiger partial charge in [0.25, 0.3) is 0 Å². The minimum absolute atomic E-state index is 0.137. The molecule has 0 saturated carbocycles. The van der Waals surface area contributed by atoms with Crippen molar-refractivity contribution in [2.24, 2.45) is 7.05 Å². The number of nitro groups is 1. The number of aryl methyl sites for hydroxylation is 2. The number of anilines is 2. The van der Waals surface area contributed by atoms with Gasteiger partial charge in [-0.2, -0.15) is 5.10 Å². The number of hydrogen-bond donors (Lipinski definition) is 1. The first-order valence-corrected chi connectivity index (χ1v) is 5.36. The number of hydrogen-bond acceptors (Lipinski definition) is 6. The van der Waals surface area contributed by atoms with E-state index in [0.717, 1.165) is 30.2 Å². The Morgan fingerprint density at radius 1 is 1.44 bits per heavy atom. The van der Waals surface area contributed by atoms with E-state index in [9.17, 15) is 10.1 Å². The molecule has 0 aromatic carbocycles. The lowest BCUT2D eigenvalue weighted by Crippen LogP contribution is -1.99. The van der Waals surface area contributed by atoms with Crippen molar-refractivity contribution in [3.8, 4) is 0 Å². The molecule has 0 fully saturated rings. The van der Waals surface area contributed by atoms with Crippen molar-refractivity contribution >= 4 is 17.3 Å². The summed E-state index contributed by atoms with van der Waals surface area (Å²) in [7, 11) is 1.82. The Morgan fingerprint density at radius 2 is 2.11 bits per heavy atom. The minimum Gasteiger partial charge on any atom is -0.321 e. The van der Waals surface area contributed by atoms with E-state index in [4.69, 9.17) is 0 Å². The van der Waals surface area contributed by atoms with Crippen molar-refractivity contribution in [1.82, 2.24) is 19.7 Å². The smallest absolute Gasteiger partial charge is 0.305 e. The van der Waals surface area contributed by atoms with Gasteiger partial charge in [0.1, 0.15) is 12.4 Å². The number of nitrogens with zero attached hydrogens (tertiary/aromatic N) is 5. The quantitative estimate of drug-likeness (QED) is 0.649. The summed E-state index contributed by atoms with van der Waals surface area (Å²) in [6.07, 6.45) is 4.91. The maximum Gasteiger partial charge on any atom is 0.305 e. The SMILES string of the molecule is CCc1nn(C)cc1Nc1ncc([N+](=O)[O-])cn1. The lowest BCUT2D eigenvalue weighted by molar-refractivity contribution is -0.385. The van der Waals surface area contributed by atoms with Gasteiger partial charge in [-0.25, -0.2) is 9.97 Å². The lowest BCUT2D eigenvalue weighted by atomic mass is 10.3. The molecule has 0 amide bonds. The Morgan fingerprint density at radius 3 is 2.67 bits per heavy atom. The molecule has 0 saturated heterocycles. The Kier molecular flexibility index (Phi) is 3.18. The monoisotopic (exact) mass is 248 g/mol. The normalized spacial score (nSPS) is 10.3. The van der Waals surface area contributed by atoms with Crippen molar-refractivity contribution in [1.29, 1.82) is 0 Å². The molecular weight excluding hydrogens is 236 g/mol. The highest BCUT2D eigenvalue weighted by Gasteiger charge is 2.09. The summed E-state index contributed by atoms with van der Waals surface area (Å²) in [6, 6.07) is 0. The summed E-state index contributed by atoms with van der Waals surface area (Å²) in [5.41, 5.74) is 1.55. The maximum atomic E-state index is 10.5. The van der Waals surface area contributed by atoms with Gasteiger partial charge in [0.15, 0.2) is 0 Å². The van der Waals surface area contributed by atoms with E-state index in [-0.39, 0.29) is 5.69 Å². The largest absolute Gasteiger partial charge is 0.321 e. The average Bonchev–Trinajstić information content (AvgIpc) is 2.70. The molecule has 0 radical (unpaired) electrons. The van der Waals surface area contributed by atoms with E-state index in [1.54, 1.807) is 4.68 Å². The van der Waals surface area contributed by atoms with Gasteiger partial charge in [-0.15, -0.1) is 0 Å². The highest BCUT2D eigenvalue weighted by molar-refractivity contribution is 5.55. The molecule has 2 aromatic heterocycles. The van der Waals surface area contributed by atoms with Crippen LogP contribution in [-0.2, 0) is 13.5 Å². The highest BCUT2D eigenvalue weighted by atomic mass is 16.6. The second-order valence-electron chi connectivity index (χ2n) is 3.66. The Hall–Kier alpha value is -2.51. The molecule has 0 aliphatic heterocycles. The fourth-order valence-electron chi connectivity index (χ4n) is 1.50. The first-order valence-electron chi connectivity index (χ1n) is 5.36. The summed E-state index contributed by atoms with van der Waals surface area (Å²) in [6.45, 7) is 1.99. The first-order chi connectivity index (χ1) is 8.60. The van der Waals surface area contributed by atoms with E-state index in [2.05, 4.69) is 20.4 Å². The highest BCUT2D eigenvalue weighted by Crippen LogP contribution is 2.18. The second-order valence-corrected chi connectivity index (χ2v) is 3.66. The van der Waals surface area contributed by atoms with Gasteiger partial charge < -0.3 is 5.32 Å². The van der Waals surface area contributed by atoms with E-state index in [0.29, 0.717) is 5.95 Å². The van der Waals surface area contributed by atoms with Crippen LogP contribution in [0.25, 0.3) is 0 Å². The van der Waals surface area contributed by atoms with Crippen molar-refractivity contribution in [3.63, 3.8) is 0 Å². The fourth-order valence-corrected chi connectivity index (χ4v) is 1.50. The molecule has 0 aliphatic rings. The molecule has 2 aromatic rings. The predicted molar refractivity (Wildman–Crippen MR) is 64.6 cm³/mol. The van der Waals surface area contributed by atoms with Crippen LogP contribution >= 0.6 is 0 Å². The second kappa shape index (κ2) is 4.78. The predicted octanol–water partition coefficient (Wildman–Crippen LogP) is 1.42. The van der Waals surface area contributed by atoms with E-state index in [1.807, 2.05) is 20.2 Å². The van der Waals surface area contributed by atoms with Gasteiger partial charge in [-0.1, -0.05) is 6.92 Å². The van der Waals surface area contributed by atoms with E-state index in [1.165, 1.54) is 0 Å². The van der Waals surface area contributed by atoms with Crippen LogP contribution in [0, 0.1) is 10.1 Å². The van der Waals surface area contributed by atoms with Gasteiger partial charge in [0, 0.05) is 13.2 Å². The zero-order chi connectivity index (χ0) is 13.1. The fraction of sp³-hybridized carbons (Fsp3) is 0.300. The molecule has 94 valence electrons. The van der Waals surface area contributed by atoms with Gasteiger partial charge in [-0.3, -0.25) is 14.8 Å². The van der Waals surface area contributed by atoms with Crippen LogP contribution in [0.3, 0.4) is 0 Å². The molecule has 8 nitrogen and oxygen atoms in total. The molecule has 2 heterocycles. The molecule has 1 N–H and O–H groups in total. The molecular formula is C10H12N6O2. The van der Waals surface area contributed by atoms with Crippen LogP contribution < -0.4 is 5.32 Å². The molecule has 0 unspecified atom stereocenters. The third kappa shape index (κ3) is 2.42. The van der Waals surface area contributed by atoms with Gasteiger partial charge in [0.2, 0.25) is 5.95 Å². The molecule has 0 atom stereocenters. The van der Waals surface area contributed by atoms with Gasteiger partial charge in [-0.05, 0) is 6.42 Å². The molecule has 0 bridgehead atoms. The van der Waals surface area contributed by atoms with Crippen LogP contribution in [-0.4, -0.2) is 24.7 Å². The molecule has 18 heavy (non-hydrogen) atoms. The van der Waals surface area contributed by atoms with Crippen molar-refractivity contribution < 1.29 is 4.92 Å². The van der Waals surface area contributed by atoms with Crippen molar-refractivity contribution in [2.75, 3.05) is 5.32 Å². The van der Waals surface area contributed by atoms with Crippen molar-refractivity contribution in [3.05, 3.63) is 34.4 Å².